The van der Waals surface area contributed by atoms with E-state index in [-0.39, 0.29) is 19.0 Å². The molecule has 0 unspecified atom stereocenters. The minimum absolute atomic E-state index is 0.344. The van der Waals surface area contributed by atoms with Crippen LogP contribution in [-0.2, 0) is 0 Å². The summed E-state index contributed by atoms with van der Waals surface area (Å²) in [5.74, 6) is 0. The van der Waals surface area contributed by atoms with Crippen LogP contribution in [-0.4, -0.2) is 19.0 Å². The topological polar surface area (TPSA) is 0 Å². The highest BCUT2D eigenvalue weighted by Gasteiger charge is 1.96. The Bertz CT molecular complexity index is 148. The van der Waals surface area contributed by atoms with Crippen molar-refractivity contribution in [3.05, 3.63) is 20.4 Å². The second-order valence-electron chi connectivity index (χ2n) is 1.97. The van der Waals surface area contributed by atoms with Gasteiger partial charge >= 0.3 is 0 Å². The second kappa shape index (κ2) is 7.71. The van der Waals surface area contributed by atoms with E-state index in [9.17, 15) is 0 Å². The van der Waals surface area contributed by atoms with Crippen molar-refractivity contribution < 1.29 is 0 Å². The first kappa shape index (κ1) is 12.1. The molecule has 0 saturated carbocycles. The third-order valence-electron chi connectivity index (χ3n) is 1.07. The molecule has 0 nitrogen and oxygen atoms in total. The molecule has 0 aromatic heterocycles. The maximum atomic E-state index is 5.71. The van der Waals surface area contributed by atoms with Gasteiger partial charge in [-0.25, -0.2) is 0 Å². The molecular weight excluding hydrogens is 258 g/mol. The fourth-order valence-electron chi connectivity index (χ4n) is 0.535. The lowest BCUT2D eigenvalue weighted by Crippen LogP contribution is -1.97. The van der Waals surface area contributed by atoms with E-state index in [4.69, 9.17) is 46.4 Å². The third kappa shape index (κ3) is 7.43. The van der Waals surface area contributed by atoms with E-state index in [0.717, 1.165) is 15.0 Å². The van der Waals surface area contributed by atoms with Gasteiger partial charge in [-0.2, -0.15) is 0 Å². The maximum Gasteiger partial charge on any atom is 0.0679 e. The monoisotopic (exact) mass is 264 g/mol. The van der Waals surface area contributed by atoms with Gasteiger partial charge in [-0.3, -0.25) is 0 Å². The molecule has 0 aromatic carbocycles. The molecule has 64 valence electrons. The average Bonchev–Trinajstić information content (AvgIpc) is 2.04. The zero-order chi connectivity index (χ0) is 8.69. The van der Waals surface area contributed by atoms with E-state index in [1.54, 1.807) is 0 Å². The van der Waals surface area contributed by atoms with Gasteiger partial charge in [0.05, 0.1) is 19.0 Å². The van der Waals surface area contributed by atoms with E-state index < -0.39 is 0 Å². The fraction of sp³-hybridized carbons (Fsp3) is 0.200. The molecule has 0 amide bonds. The number of rotatable bonds is 4. The van der Waals surface area contributed by atoms with Gasteiger partial charge in [0.2, 0.25) is 0 Å². The van der Waals surface area contributed by atoms with Gasteiger partial charge < -0.3 is 0 Å². The summed E-state index contributed by atoms with van der Waals surface area (Å²) in [6.07, 6.45) is 0. The van der Waals surface area contributed by atoms with E-state index in [1.165, 1.54) is 11.1 Å². The number of hydrogen-bond acceptors (Lipinski definition) is 0. The molecule has 0 rings (SSSR count). The molecule has 0 aromatic rings. The summed E-state index contributed by atoms with van der Waals surface area (Å²) >= 11 is 22.2. The van der Waals surface area contributed by atoms with E-state index in [1.807, 2.05) is 0 Å². The van der Waals surface area contributed by atoms with Gasteiger partial charge in [-0.1, -0.05) is 52.1 Å². The van der Waals surface area contributed by atoms with E-state index in [2.05, 4.69) is 0 Å². The predicted octanol–water partition coefficient (Wildman–Crippen LogP) is 2.25. The largest absolute Gasteiger partial charge is 0.0941 e. The van der Waals surface area contributed by atoms with Gasteiger partial charge in [0, 0.05) is 20.4 Å². The van der Waals surface area contributed by atoms with Crippen LogP contribution >= 0.6 is 46.4 Å². The summed E-state index contributed by atoms with van der Waals surface area (Å²) in [6.45, 7) is 0. The van der Waals surface area contributed by atoms with Gasteiger partial charge in [0.1, 0.15) is 0 Å². The summed E-state index contributed by atoms with van der Waals surface area (Å²) in [6, 6.07) is 0. The Morgan fingerprint density at radius 3 is 1.64 bits per heavy atom. The normalized spacial score (nSPS) is 16.0. The van der Waals surface area contributed by atoms with Crippen molar-refractivity contribution in [2.45, 2.75) is 5.67 Å². The van der Waals surface area contributed by atoms with Crippen LogP contribution in [0.25, 0.3) is 0 Å². The van der Waals surface area contributed by atoms with Crippen LogP contribution in [0.3, 0.4) is 0 Å². The molecule has 0 spiro atoms. The van der Waals surface area contributed by atoms with Gasteiger partial charge in [-0.15, -0.1) is 0 Å². The Hall–Kier alpha value is 1.07. The Morgan fingerprint density at radius 2 is 1.36 bits per heavy atom. The predicted molar refractivity (Wildman–Crippen MR) is 61.5 cm³/mol. The Balaban J connectivity index is 3.43. The average molecular weight is 266 g/mol. The van der Waals surface area contributed by atoms with Crippen molar-refractivity contribution in [1.29, 1.82) is 0 Å². The zero-order valence-corrected chi connectivity index (χ0v) is 11.6. The number of halogens is 4. The molecule has 0 aliphatic rings. The molecule has 0 fully saturated rings. The molecule has 0 aliphatic heterocycles. The first-order valence-corrected chi connectivity index (χ1v) is 8.14. The highest BCUT2D eigenvalue weighted by Crippen LogP contribution is 2.06. The van der Waals surface area contributed by atoms with Crippen LogP contribution in [0.5, 0.6) is 0 Å². The highest BCUT2D eigenvalue weighted by molar-refractivity contribution is 6.77. The van der Waals surface area contributed by atoms with Gasteiger partial charge in [-0.05, 0) is 0 Å². The van der Waals surface area contributed by atoms with Gasteiger partial charge in [0.15, 0.2) is 0 Å². The molecule has 0 heterocycles. The molecular formula is C5H8Cl4Si2. The lowest BCUT2D eigenvalue weighted by molar-refractivity contribution is 1.96. The zero-order valence-electron chi connectivity index (χ0n) is 5.79. The van der Waals surface area contributed by atoms with Crippen molar-refractivity contribution >= 4 is 65.4 Å². The number of hydrogen-bond donors (Lipinski definition) is 0. The summed E-state index contributed by atoms with van der Waals surface area (Å²) in [5.41, 5.74) is 4.03. The second-order valence-corrected chi connectivity index (χ2v) is 9.62. The molecule has 0 N–H and O–H groups in total. The first-order chi connectivity index (χ1) is 5.20. The molecule has 11 heavy (non-hydrogen) atoms. The highest BCUT2D eigenvalue weighted by atomic mass is 35.5. The van der Waals surface area contributed by atoms with Crippen LogP contribution in [0.4, 0.5) is 0 Å². The lowest BCUT2D eigenvalue weighted by Gasteiger charge is -1.94. The fourth-order valence-corrected chi connectivity index (χ4v) is 7.22. The van der Waals surface area contributed by atoms with Crippen molar-refractivity contribution in [2.24, 2.45) is 0 Å². The maximum absolute atomic E-state index is 5.71. The molecule has 0 bridgehead atoms. The van der Waals surface area contributed by atoms with Crippen LogP contribution in [0.1, 0.15) is 0 Å². The Labute approximate surface area is 91.2 Å². The summed E-state index contributed by atoms with van der Waals surface area (Å²) in [7, 11) is -0.688. The quantitative estimate of drug-likeness (QED) is 0.685. The molecule has 0 atom stereocenters. The summed E-state index contributed by atoms with van der Waals surface area (Å²) in [5, 5.41) is 0. The van der Waals surface area contributed by atoms with Crippen molar-refractivity contribution in [3.8, 4) is 0 Å². The summed E-state index contributed by atoms with van der Waals surface area (Å²) < 4.78 is 1.64. The molecule has 0 aliphatic carbocycles. The molecule has 0 saturated heterocycles. The minimum Gasteiger partial charge on any atom is -0.0941 e. The molecule has 0 radical (unpaired) electrons. The summed E-state index contributed by atoms with van der Waals surface area (Å²) in [4.78, 5) is 0. The standard InChI is InChI=1S/C5H8Cl4Si2/c6-1-4(8)10-3-11-5(9)2-7/h1-2H,3,10-11H2. The van der Waals surface area contributed by atoms with Gasteiger partial charge in [0.25, 0.3) is 0 Å². The minimum atomic E-state index is -0.344. The first-order valence-electron chi connectivity index (χ1n) is 3.10. The third-order valence-corrected chi connectivity index (χ3v) is 7.88. The van der Waals surface area contributed by atoms with Crippen molar-refractivity contribution in [3.63, 3.8) is 0 Å². The van der Waals surface area contributed by atoms with Crippen LogP contribution in [0, 0.1) is 0 Å². The van der Waals surface area contributed by atoms with Crippen LogP contribution in [0.15, 0.2) is 20.4 Å². The van der Waals surface area contributed by atoms with Crippen molar-refractivity contribution in [1.82, 2.24) is 0 Å². The smallest absolute Gasteiger partial charge is 0.0679 e. The van der Waals surface area contributed by atoms with Crippen LogP contribution in [0.2, 0.25) is 5.67 Å². The lowest BCUT2D eigenvalue weighted by atomic mass is 11.2. The SMILES string of the molecule is ClC=C(Cl)[SiH2]C[SiH2]C(Cl)=CCl. The van der Waals surface area contributed by atoms with E-state index in [0.29, 0.717) is 0 Å². The Morgan fingerprint density at radius 1 is 1.00 bits per heavy atom. The van der Waals surface area contributed by atoms with E-state index >= 15 is 0 Å². The molecule has 6 heteroatoms. The van der Waals surface area contributed by atoms with Crippen molar-refractivity contribution in [2.75, 3.05) is 0 Å². The van der Waals surface area contributed by atoms with Crippen LogP contribution < -0.4 is 0 Å². The Kier molecular flexibility index (Phi) is 8.46.